The summed E-state index contributed by atoms with van der Waals surface area (Å²) in [5, 5.41) is 10.6. The third-order valence-corrected chi connectivity index (χ3v) is 18.0. The van der Waals surface area contributed by atoms with Crippen LogP contribution in [0.1, 0.15) is 310 Å². The fraction of sp³-hybridized carbons (Fsp3) is 0.687. The van der Waals surface area contributed by atoms with Crippen molar-refractivity contribution in [2.24, 2.45) is 0 Å². The van der Waals surface area contributed by atoms with Crippen molar-refractivity contribution < 1.29 is 80.2 Å². The predicted octanol–water partition coefficient (Wildman–Crippen LogP) is 22.9. The molecule has 0 spiro atoms. The van der Waals surface area contributed by atoms with E-state index in [1.807, 2.05) is 12.2 Å². The molecule has 0 saturated heterocycles. The first-order valence-corrected chi connectivity index (χ1v) is 42.4. The molecule has 5 atom stereocenters. The van der Waals surface area contributed by atoms with Crippen molar-refractivity contribution in [1.29, 1.82) is 0 Å². The average molecular weight is 1470 g/mol. The molecule has 0 aromatic carbocycles. The van der Waals surface area contributed by atoms with Crippen LogP contribution in [0.15, 0.2) is 134 Å². The maximum Gasteiger partial charge on any atom is 0.472 e. The number of aliphatic hydroxyl groups is 1. The minimum atomic E-state index is -5.00. The summed E-state index contributed by atoms with van der Waals surface area (Å²) in [6, 6.07) is 0. The number of carbonyl (C=O) groups excluding carboxylic acids is 4. The molecule has 17 nitrogen and oxygen atoms in total. The molecule has 0 rings (SSSR count). The maximum absolute atomic E-state index is 13.1. The molecule has 0 aromatic rings. The summed E-state index contributed by atoms with van der Waals surface area (Å²) < 4.78 is 68.5. The number of allylic oxidation sites excluding steroid dienone is 22. The van der Waals surface area contributed by atoms with Crippen molar-refractivity contribution in [2.75, 3.05) is 39.6 Å². The lowest BCUT2D eigenvalue weighted by Gasteiger charge is -2.21. The van der Waals surface area contributed by atoms with Crippen LogP contribution in [0.3, 0.4) is 0 Å². The second-order valence-electron chi connectivity index (χ2n) is 25.9. The number of rotatable bonds is 73. The summed E-state index contributed by atoms with van der Waals surface area (Å²) in [4.78, 5) is 72.9. The lowest BCUT2D eigenvalue weighted by molar-refractivity contribution is -0.161. The molecule has 0 aliphatic rings. The molecule has 0 radical (unpaired) electrons. The Hall–Kier alpha value is -4.80. The highest BCUT2D eigenvalue weighted by atomic mass is 31.2. The molecule has 5 unspecified atom stereocenters. The van der Waals surface area contributed by atoms with E-state index in [1.54, 1.807) is 0 Å². The van der Waals surface area contributed by atoms with Gasteiger partial charge in [-0.25, -0.2) is 9.13 Å². The van der Waals surface area contributed by atoms with Crippen molar-refractivity contribution in [1.82, 2.24) is 0 Å². The SMILES string of the molecule is CC/C=C\C/C=C\C/C=C\C/C=C\C/C=C\CCCCCC(=O)OCC(COP(=O)(O)OCC(O)COP(=O)(O)OCC(COC(=O)CCCCCCC/C=C\CCCCCC)OC(=O)CCCCCCCCCCCCCCC)OC(=O)CCC/C=C\C/C=C\C/C=C\C/C=C\C/C=C\CC. The van der Waals surface area contributed by atoms with Crippen LogP contribution < -0.4 is 0 Å². The zero-order chi connectivity index (χ0) is 74.6. The van der Waals surface area contributed by atoms with E-state index in [9.17, 15) is 43.2 Å². The standard InChI is InChI=1S/C83H140O17P2/c1-5-9-13-17-21-25-29-33-35-37-38-40-41-45-48-52-56-60-64-68-81(86)94-74-79(100-83(88)70-66-62-58-54-50-46-42-39-36-34-30-26-22-18-14-10-6-2)76-98-102(91,92)96-72-77(84)71-95-101(89,90)97-75-78(99-82(87)69-65-61-57-53-49-44-32-28-24-20-16-12-8-4)73-93-80(85)67-63-59-55-51-47-43-31-27-23-19-15-11-7-3/h9-10,13-14,21-22,25-27,31,33-36,38,40,42,45-46,48,54,58,77-79,84H,5-8,11-12,15-20,23-24,28-30,32,37,39,41,43-44,47,49-53,55-57,59-76H2,1-4H3,(H,89,90)(H,91,92)/b13-9-,14-10-,25-21-,26-22-,31-27-,35-33-,36-34-,40-38-,46-42-,48-45-,58-54-. The minimum Gasteiger partial charge on any atom is -0.462 e. The van der Waals surface area contributed by atoms with E-state index in [1.165, 1.54) is 77.0 Å². The molecule has 0 heterocycles. The van der Waals surface area contributed by atoms with Crippen LogP contribution in [0, 0.1) is 0 Å². The average Bonchev–Trinajstić information content (AvgIpc) is 0.923. The molecule has 19 heteroatoms. The van der Waals surface area contributed by atoms with E-state index in [0.29, 0.717) is 32.1 Å². The molecule has 0 aliphatic carbocycles. The van der Waals surface area contributed by atoms with Crippen LogP contribution in [0.2, 0.25) is 0 Å². The number of phosphoric ester groups is 2. The molecule has 0 amide bonds. The lowest BCUT2D eigenvalue weighted by atomic mass is 10.0. The summed E-state index contributed by atoms with van der Waals surface area (Å²) in [6.07, 6.45) is 83.0. The maximum atomic E-state index is 13.1. The van der Waals surface area contributed by atoms with Crippen LogP contribution in [0.5, 0.6) is 0 Å². The van der Waals surface area contributed by atoms with E-state index >= 15 is 0 Å². The first kappa shape index (κ1) is 97.2. The highest BCUT2D eigenvalue weighted by molar-refractivity contribution is 7.47. The number of unbranched alkanes of at least 4 members (excludes halogenated alkanes) is 25. The van der Waals surface area contributed by atoms with Crippen molar-refractivity contribution in [3.8, 4) is 0 Å². The first-order valence-electron chi connectivity index (χ1n) is 39.4. The first-order chi connectivity index (χ1) is 49.7. The van der Waals surface area contributed by atoms with Crippen molar-refractivity contribution in [3.63, 3.8) is 0 Å². The summed E-state index contributed by atoms with van der Waals surface area (Å²) >= 11 is 0. The number of carbonyl (C=O) groups is 4. The fourth-order valence-electron chi connectivity index (χ4n) is 10.2. The predicted molar refractivity (Wildman–Crippen MR) is 418 cm³/mol. The van der Waals surface area contributed by atoms with Crippen molar-refractivity contribution in [3.05, 3.63) is 134 Å². The molecular weight excluding hydrogens is 1330 g/mol. The van der Waals surface area contributed by atoms with Gasteiger partial charge in [-0.1, -0.05) is 283 Å². The molecule has 0 bridgehead atoms. The second kappa shape index (κ2) is 74.5. The summed E-state index contributed by atoms with van der Waals surface area (Å²) in [5.74, 6) is -2.28. The van der Waals surface area contributed by atoms with E-state index in [4.69, 9.17) is 37.0 Å². The Morgan fingerprint density at radius 1 is 0.284 bits per heavy atom. The van der Waals surface area contributed by atoms with Gasteiger partial charge < -0.3 is 33.8 Å². The van der Waals surface area contributed by atoms with Crippen LogP contribution in [-0.2, 0) is 65.4 Å². The lowest BCUT2D eigenvalue weighted by Crippen LogP contribution is -2.30. The Kier molecular flexibility index (Phi) is 71.0. The van der Waals surface area contributed by atoms with Crippen LogP contribution >= 0.6 is 15.6 Å². The molecule has 0 aliphatic heterocycles. The Morgan fingerprint density at radius 2 is 0.520 bits per heavy atom. The highest BCUT2D eigenvalue weighted by Crippen LogP contribution is 2.45. The van der Waals surface area contributed by atoms with E-state index in [0.717, 1.165) is 148 Å². The van der Waals surface area contributed by atoms with Crippen molar-refractivity contribution in [2.45, 2.75) is 329 Å². The molecule has 0 fully saturated rings. The number of hydrogen-bond donors (Lipinski definition) is 3. The van der Waals surface area contributed by atoms with Gasteiger partial charge in [-0.15, -0.1) is 0 Å². The largest absolute Gasteiger partial charge is 0.472 e. The summed E-state index contributed by atoms with van der Waals surface area (Å²) in [7, 11) is -9.98. The quantitative estimate of drug-likeness (QED) is 0.0169. The van der Waals surface area contributed by atoms with Crippen LogP contribution in [0.25, 0.3) is 0 Å². The van der Waals surface area contributed by atoms with Gasteiger partial charge in [0.25, 0.3) is 0 Å². The number of hydrogen-bond acceptors (Lipinski definition) is 15. The van der Waals surface area contributed by atoms with Crippen molar-refractivity contribution >= 4 is 39.5 Å². The molecule has 3 N–H and O–H groups in total. The summed E-state index contributed by atoms with van der Waals surface area (Å²) in [5.41, 5.74) is 0. The molecule has 0 aromatic heterocycles. The van der Waals surface area contributed by atoms with Crippen LogP contribution in [0.4, 0.5) is 0 Å². The topological polar surface area (TPSA) is 237 Å². The fourth-order valence-corrected chi connectivity index (χ4v) is 11.7. The van der Waals surface area contributed by atoms with Gasteiger partial charge in [-0.3, -0.25) is 37.3 Å². The molecule has 0 saturated carbocycles. The summed E-state index contributed by atoms with van der Waals surface area (Å²) in [6.45, 7) is 4.53. The number of aliphatic hydroxyl groups excluding tert-OH is 1. The number of esters is 4. The Balaban J connectivity index is 5.44. The van der Waals surface area contributed by atoms with Gasteiger partial charge in [0.1, 0.15) is 19.3 Å². The third-order valence-electron chi connectivity index (χ3n) is 16.1. The molecule has 584 valence electrons. The van der Waals surface area contributed by atoms with Gasteiger partial charge in [0.05, 0.1) is 26.4 Å². The minimum absolute atomic E-state index is 0.00553. The third kappa shape index (κ3) is 73.5. The van der Waals surface area contributed by atoms with Gasteiger partial charge >= 0.3 is 39.5 Å². The van der Waals surface area contributed by atoms with Gasteiger partial charge in [0.15, 0.2) is 12.2 Å². The smallest absolute Gasteiger partial charge is 0.462 e. The van der Waals surface area contributed by atoms with Gasteiger partial charge in [-0.2, -0.15) is 0 Å². The Morgan fingerprint density at radius 3 is 0.853 bits per heavy atom. The van der Waals surface area contributed by atoms with Gasteiger partial charge in [0, 0.05) is 25.7 Å². The zero-order valence-electron chi connectivity index (χ0n) is 63.7. The van der Waals surface area contributed by atoms with E-state index in [-0.39, 0.29) is 25.7 Å². The second-order valence-corrected chi connectivity index (χ2v) is 28.8. The normalized spacial score (nSPS) is 14.6. The Labute approximate surface area is 618 Å². The van der Waals surface area contributed by atoms with Gasteiger partial charge in [-0.05, 0) is 135 Å². The monoisotopic (exact) mass is 1470 g/mol. The zero-order valence-corrected chi connectivity index (χ0v) is 65.5. The number of phosphoric acid groups is 2. The Bertz CT molecular complexity index is 2460. The van der Waals surface area contributed by atoms with Gasteiger partial charge in [0.2, 0.25) is 0 Å². The number of ether oxygens (including phenoxy) is 4. The molecule has 102 heavy (non-hydrogen) atoms. The van der Waals surface area contributed by atoms with E-state index in [2.05, 4.69) is 149 Å². The van der Waals surface area contributed by atoms with Crippen LogP contribution in [-0.4, -0.2) is 96.7 Å². The highest BCUT2D eigenvalue weighted by Gasteiger charge is 2.30. The molecular formula is C83H140O17P2. The van der Waals surface area contributed by atoms with E-state index < -0.39 is 97.5 Å².